The van der Waals surface area contributed by atoms with Gasteiger partial charge < -0.3 is 14.8 Å². The number of benzene rings is 1. The van der Waals surface area contributed by atoms with Gasteiger partial charge >= 0.3 is 0 Å². The standard InChI is InChI=1S/C12H16N2O5S/c1-9(15)13-4-5-14-20(16,17)10-2-3-11-12(8-10)19-7-6-18-11/h2-3,8,14H,4-7H2,1H3,(H,13,15). The van der Waals surface area contributed by atoms with Gasteiger partial charge in [-0.15, -0.1) is 0 Å². The summed E-state index contributed by atoms with van der Waals surface area (Å²) >= 11 is 0. The first-order valence-electron chi connectivity index (χ1n) is 6.13. The van der Waals surface area contributed by atoms with Crippen molar-refractivity contribution in [1.29, 1.82) is 0 Å². The molecule has 20 heavy (non-hydrogen) atoms. The number of rotatable bonds is 5. The largest absolute Gasteiger partial charge is 0.486 e. The minimum Gasteiger partial charge on any atom is -0.486 e. The fraction of sp³-hybridized carbons (Fsp3) is 0.417. The molecule has 1 aliphatic heterocycles. The number of ether oxygens (including phenoxy) is 2. The fourth-order valence-electron chi connectivity index (χ4n) is 1.70. The summed E-state index contributed by atoms with van der Waals surface area (Å²) in [4.78, 5) is 10.8. The summed E-state index contributed by atoms with van der Waals surface area (Å²) in [6, 6.07) is 4.44. The molecule has 1 amide bonds. The van der Waals surface area contributed by atoms with Crippen LogP contribution in [0.1, 0.15) is 6.92 Å². The second kappa shape index (κ2) is 6.10. The van der Waals surface area contributed by atoms with E-state index < -0.39 is 10.0 Å². The van der Waals surface area contributed by atoms with E-state index in [2.05, 4.69) is 10.0 Å². The highest BCUT2D eigenvalue weighted by atomic mass is 32.2. The predicted molar refractivity (Wildman–Crippen MR) is 71.3 cm³/mol. The summed E-state index contributed by atoms with van der Waals surface area (Å²) in [5, 5.41) is 2.51. The number of amides is 1. The van der Waals surface area contributed by atoms with Crippen molar-refractivity contribution in [2.45, 2.75) is 11.8 Å². The van der Waals surface area contributed by atoms with E-state index in [4.69, 9.17) is 9.47 Å². The lowest BCUT2D eigenvalue weighted by molar-refractivity contribution is -0.118. The highest BCUT2D eigenvalue weighted by molar-refractivity contribution is 7.89. The number of nitrogens with one attached hydrogen (secondary N) is 2. The van der Waals surface area contributed by atoms with E-state index in [0.717, 1.165) is 0 Å². The molecule has 0 radical (unpaired) electrons. The van der Waals surface area contributed by atoms with Crippen molar-refractivity contribution < 1.29 is 22.7 Å². The average molecular weight is 300 g/mol. The Kier molecular flexibility index (Phi) is 4.46. The summed E-state index contributed by atoms with van der Waals surface area (Å²) in [6.45, 7) is 2.57. The zero-order valence-corrected chi connectivity index (χ0v) is 11.8. The van der Waals surface area contributed by atoms with Gasteiger partial charge in [-0.3, -0.25) is 4.79 Å². The zero-order valence-electron chi connectivity index (χ0n) is 11.0. The van der Waals surface area contributed by atoms with Gasteiger partial charge in [-0.05, 0) is 12.1 Å². The van der Waals surface area contributed by atoms with Crippen LogP contribution in [-0.4, -0.2) is 40.6 Å². The molecule has 0 fully saturated rings. The minimum absolute atomic E-state index is 0.101. The van der Waals surface area contributed by atoms with Crippen LogP contribution < -0.4 is 19.5 Å². The number of hydrogen-bond acceptors (Lipinski definition) is 5. The molecule has 2 rings (SSSR count). The highest BCUT2D eigenvalue weighted by Crippen LogP contribution is 2.31. The van der Waals surface area contributed by atoms with Gasteiger partial charge in [-0.1, -0.05) is 0 Å². The summed E-state index contributed by atoms with van der Waals surface area (Å²) in [7, 11) is -3.63. The number of carbonyl (C=O) groups is 1. The quantitative estimate of drug-likeness (QED) is 0.739. The molecule has 0 atom stereocenters. The fourth-order valence-corrected chi connectivity index (χ4v) is 2.74. The third kappa shape index (κ3) is 3.61. The van der Waals surface area contributed by atoms with E-state index in [-0.39, 0.29) is 23.9 Å². The van der Waals surface area contributed by atoms with Gasteiger partial charge in [0.05, 0.1) is 4.90 Å². The van der Waals surface area contributed by atoms with Crippen LogP contribution in [-0.2, 0) is 14.8 Å². The molecule has 1 heterocycles. The zero-order chi connectivity index (χ0) is 14.6. The van der Waals surface area contributed by atoms with Gasteiger partial charge in [0.25, 0.3) is 0 Å². The molecule has 110 valence electrons. The van der Waals surface area contributed by atoms with E-state index in [9.17, 15) is 13.2 Å². The molecule has 0 saturated heterocycles. The normalized spacial score (nSPS) is 13.8. The Balaban J connectivity index is 2.03. The molecule has 0 unspecified atom stereocenters. The molecule has 8 heteroatoms. The van der Waals surface area contributed by atoms with Crippen LogP contribution >= 0.6 is 0 Å². The van der Waals surface area contributed by atoms with Crippen LogP contribution in [0.3, 0.4) is 0 Å². The molecule has 0 spiro atoms. The Labute approximate surface area is 117 Å². The summed E-state index contributed by atoms with van der Waals surface area (Å²) in [5.41, 5.74) is 0. The van der Waals surface area contributed by atoms with Crippen LogP contribution in [0.15, 0.2) is 23.1 Å². The van der Waals surface area contributed by atoms with Crippen molar-refractivity contribution in [1.82, 2.24) is 10.0 Å². The molecule has 0 aliphatic carbocycles. The molecule has 1 aromatic rings. The van der Waals surface area contributed by atoms with E-state index in [0.29, 0.717) is 24.7 Å². The lowest BCUT2D eigenvalue weighted by Gasteiger charge is -2.18. The topological polar surface area (TPSA) is 93.7 Å². The van der Waals surface area contributed by atoms with Crippen LogP contribution in [0.4, 0.5) is 0 Å². The smallest absolute Gasteiger partial charge is 0.240 e. The maximum atomic E-state index is 12.0. The minimum atomic E-state index is -3.63. The number of fused-ring (bicyclic) bond motifs is 1. The first-order chi connectivity index (χ1) is 9.49. The lowest BCUT2D eigenvalue weighted by atomic mass is 10.3. The van der Waals surface area contributed by atoms with Gasteiger partial charge in [-0.25, -0.2) is 13.1 Å². The van der Waals surface area contributed by atoms with Crippen molar-refractivity contribution in [3.05, 3.63) is 18.2 Å². The number of hydrogen-bond donors (Lipinski definition) is 2. The van der Waals surface area contributed by atoms with Gasteiger partial charge in [0.2, 0.25) is 15.9 Å². The third-order valence-electron chi connectivity index (χ3n) is 2.61. The summed E-state index contributed by atoms with van der Waals surface area (Å²) < 4.78 is 37.2. The van der Waals surface area contributed by atoms with Crippen molar-refractivity contribution in [3.63, 3.8) is 0 Å². The van der Waals surface area contributed by atoms with Crippen LogP contribution in [0.2, 0.25) is 0 Å². The lowest BCUT2D eigenvalue weighted by Crippen LogP contribution is -2.33. The third-order valence-corrected chi connectivity index (χ3v) is 4.07. The molecule has 7 nitrogen and oxygen atoms in total. The SMILES string of the molecule is CC(=O)NCCNS(=O)(=O)c1ccc2c(c1)OCCO2. The molecule has 1 aliphatic rings. The van der Waals surface area contributed by atoms with Gasteiger partial charge in [0.1, 0.15) is 13.2 Å². The first kappa shape index (κ1) is 14.6. The maximum absolute atomic E-state index is 12.0. The van der Waals surface area contributed by atoms with E-state index >= 15 is 0 Å². The van der Waals surface area contributed by atoms with Gasteiger partial charge in [0.15, 0.2) is 11.5 Å². The van der Waals surface area contributed by atoms with Crippen molar-refractivity contribution in [2.24, 2.45) is 0 Å². The molecule has 0 bridgehead atoms. The van der Waals surface area contributed by atoms with E-state index in [1.807, 2.05) is 0 Å². The van der Waals surface area contributed by atoms with Gasteiger partial charge in [-0.2, -0.15) is 0 Å². The Bertz CT molecular complexity index is 600. The Morgan fingerprint density at radius 3 is 2.60 bits per heavy atom. The molecule has 0 aromatic heterocycles. The van der Waals surface area contributed by atoms with Crippen molar-refractivity contribution >= 4 is 15.9 Å². The van der Waals surface area contributed by atoms with Crippen LogP contribution in [0, 0.1) is 0 Å². The average Bonchev–Trinajstić information content (AvgIpc) is 2.43. The molecule has 1 aromatic carbocycles. The van der Waals surface area contributed by atoms with Crippen molar-refractivity contribution in [3.8, 4) is 11.5 Å². The second-order valence-electron chi connectivity index (χ2n) is 4.19. The number of carbonyl (C=O) groups excluding carboxylic acids is 1. The Morgan fingerprint density at radius 2 is 1.90 bits per heavy atom. The van der Waals surface area contributed by atoms with Crippen LogP contribution in [0.5, 0.6) is 11.5 Å². The number of sulfonamides is 1. The maximum Gasteiger partial charge on any atom is 0.240 e. The highest BCUT2D eigenvalue weighted by Gasteiger charge is 2.18. The summed E-state index contributed by atoms with van der Waals surface area (Å²) in [5.74, 6) is 0.748. The predicted octanol–water partition coefficient (Wildman–Crippen LogP) is -0.128. The molecule has 0 saturated carbocycles. The van der Waals surface area contributed by atoms with Crippen LogP contribution in [0.25, 0.3) is 0 Å². The van der Waals surface area contributed by atoms with E-state index in [1.165, 1.54) is 19.1 Å². The Hall–Kier alpha value is -1.80. The van der Waals surface area contributed by atoms with Crippen molar-refractivity contribution in [2.75, 3.05) is 26.3 Å². The first-order valence-corrected chi connectivity index (χ1v) is 7.61. The monoisotopic (exact) mass is 300 g/mol. The Morgan fingerprint density at radius 1 is 1.20 bits per heavy atom. The molecular formula is C12H16N2O5S. The molecule has 2 N–H and O–H groups in total. The second-order valence-corrected chi connectivity index (χ2v) is 5.95. The van der Waals surface area contributed by atoms with Gasteiger partial charge in [0, 0.05) is 26.1 Å². The molecular weight excluding hydrogens is 284 g/mol. The van der Waals surface area contributed by atoms with E-state index in [1.54, 1.807) is 6.07 Å². The summed E-state index contributed by atoms with van der Waals surface area (Å²) in [6.07, 6.45) is 0.